The molecule has 34 heavy (non-hydrogen) atoms. The number of hydrogen-bond acceptors (Lipinski definition) is 5. The van der Waals surface area contributed by atoms with Crippen molar-refractivity contribution in [1.82, 2.24) is 4.98 Å². The maximum absolute atomic E-state index is 12.8. The van der Waals surface area contributed by atoms with Gasteiger partial charge in [-0.15, -0.1) is 6.42 Å². The Morgan fingerprint density at radius 2 is 1.76 bits per heavy atom. The zero-order chi connectivity index (χ0) is 24.7. The van der Waals surface area contributed by atoms with Crippen molar-refractivity contribution < 1.29 is 19.1 Å². The average molecular weight is 456 g/mol. The van der Waals surface area contributed by atoms with Crippen LogP contribution < -0.4 is 10.6 Å². The number of Topliss-reactive ketones (excluding diaryl/α,β-unsaturated/α-hetero) is 1. The quantitative estimate of drug-likeness (QED) is 0.299. The summed E-state index contributed by atoms with van der Waals surface area (Å²) < 4.78 is 5.27. The third kappa shape index (κ3) is 6.53. The molecular formula is C27H25N3O4. The molecule has 7 nitrogen and oxygen atoms in total. The molecule has 3 aromatic rings. The number of ether oxygens (including phenoxy) is 1. The topological polar surface area (TPSA) is 97.4 Å². The van der Waals surface area contributed by atoms with Crippen LogP contribution in [0.4, 0.5) is 16.2 Å². The van der Waals surface area contributed by atoms with Gasteiger partial charge in [0.2, 0.25) is 5.91 Å². The lowest BCUT2D eigenvalue weighted by atomic mass is 10.0. The van der Waals surface area contributed by atoms with Crippen molar-refractivity contribution in [3.63, 3.8) is 0 Å². The minimum Gasteiger partial charge on any atom is -0.444 e. The summed E-state index contributed by atoms with van der Waals surface area (Å²) in [5.74, 6) is 1.54. The number of carbonyl (C=O) groups excluding carboxylic acids is 3. The summed E-state index contributed by atoms with van der Waals surface area (Å²) >= 11 is 0. The Labute approximate surface area is 198 Å². The van der Waals surface area contributed by atoms with Crippen LogP contribution >= 0.6 is 0 Å². The van der Waals surface area contributed by atoms with Crippen LogP contribution in [0.5, 0.6) is 0 Å². The molecule has 2 N–H and O–H groups in total. The number of benzene rings is 2. The van der Waals surface area contributed by atoms with E-state index < -0.39 is 24.0 Å². The maximum Gasteiger partial charge on any atom is 0.412 e. The molecule has 0 saturated carbocycles. The van der Waals surface area contributed by atoms with Crippen molar-refractivity contribution in [2.24, 2.45) is 0 Å². The number of nitrogens with one attached hydrogen (secondary N) is 2. The molecule has 0 saturated heterocycles. The first-order chi connectivity index (χ1) is 16.2. The van der Waals surface area contributed by atoms with Gasteiger partial charge in [0.15, 0.2) is 5.78 Å². The van der Waals surface area contributed by atoms with Crippen LogP contribution in [0.3, 0.4) is 0 Å². The lowest BCUT2D eigenvalue weighted by molar-refractivity contribution is -0.115. The van der Waals surface area contributed by atoms with Gasteiger partial charge in [-0.05, 0) is 51.1 Å². The average Bonchev–Trinajstić information content (AvgIpc) is 2.79. The van der Waals surface area contributed by atoms with Crippen molar-refractivity contribution in [2.45, 2.75) is 32.8 Å². The zero-order valence-electron chi connectivity index (χ0n) is 19.2. The molecular weight excluding hydrogens is 430 g/mol. The molecule has 1 aromatic heterocycles. The van der Waals surface area contributed by atoms with E-state index in [4.69, 9.17) is 11.2 Å². The summed E-state index contributed by atoms with van der Waals surface area (Å²) in [6.45, 7) is 5.21. The van der Waals surface area contributed by atoms with Gasteiger partial charge in [-0.2, -0.15) is 0 Å². The predicted octanol–water partition coefficient (Wildman–Crippen LogP) is 5.29. The van der Waals surface area contributed by atoms with Crippen LogP contribution in [-0.4, -0.2) is 28.4 Å². The van der Waals surface area contributed by atoms with Gasteiger partial charge in [-0.1, -0.05) is 36.3 Å². The number of para-hydroxylation sites is 1. The van der Waals surface area contributed by atoms with Crippen LogP contribution in [-0.2, 0) is 9.53 Å². The van der Waals surface area contributed by atoms with Gasteiger partial charge < -0.3 is 10.1 Å². The molecule has 0 aliphatic carbocycles. The Kier molecular flexibility index (Phi) is 7.44. The molecule has 172 valence electrons. The van der Waals surface area contributed by atoms with Crippen LogP contribution in [0.25, 0.3) is 11.3 Å². The minimum absolute atomic E-state index is 0.218. The van der Waals surface area contributed by atoms with Crippen molar-refractivity contribution >= 4 is 29.2 Å². The summed E-state index contributed by atoms with van der Waals surface area (Å²) in [6, 6.07) is 17.3. The molecule has 2 aromatic carbocycles. The van der Waals surface area contributed by atoms with Gasteiger partial charge in [-0.3, -0.25) is 19.9 Å². The molecule has 0 fully saturated rings. The summed E-state index contributed by atoms with van der Waals surface area (Å²) in [6.07, 6.45) is 6.14. The highest BCUT2D eigenvalue weighted by Gasteiger charge is 2.20. The number of terminal acetylenes is 1. The Morgan fingerprint density at radius 1 is 1.00 bits per heavy atom. The summed E-state index contributed by atoms with van der Waals surface area (Å²) in [5.41, 5.74) is 2.02. The highest BCUT2D eigenvalue weighted by atomic mass is 16.6. The number of carbonyl (C=O) groups is 3. The van der Waals surface area contributed by atoms with E-state index in [-0.39, 0.29) is 17.2 Å². The van der Waals surface area contributed by atoms with Crippen LogP contribution in [0, 0.1) is 12.3 Å². The smallest absolute Gasteiger partial charge is 0.412 e. The largest absolute Gasteiger partial charge is 0.444 e. The second kappa shape index (κ2) is 10.5. The number of aromatic nitrogens is 1. The van der Waals surface area contributed by atoms with E-state index >= 15 is 0 Å². The van der Waals surface area contributed by atoms with Crippen molar-refractivity contribution in [3.05, 3.63) is 78.0 Å². The third-order valence-corrected chi connectivity index (χ3v) is 4.59. The fourth-order valence-electron chi connectivity index (χ4n) is 3.14. The summed E-state index contributed by atoms with van der Waals surface area (Å²) in [7, 11) is 0. The second-order valence-electron chi connectivity index (χ2n) is 8.44. The highest BCUT2D eigenvalue weighted by Crippen LogP contribution is 2.27. The van der Waals surface area contributed by atoms with E-state index in [1.807, 2.05) is 24.3 Å². The third-order valence-electron chi connectivity index (χ3n) is 4.59. The lowest BCUT2D eigenvalue weighted by Gasteiger charge is -2.21. The normalized spacial score (nSPS) is 10.6. The lowest BCUT2D eigenvalue weighted by Crippen LogP contribution is -2.28. The van der Waals surface area contributed by atoms with Crippen molar-refractivity contribution in [3.8, 4) is 23.6 Å². The van der Waals surface area contributed by atoms with E-state index in [1.54, 1.807) is 63.4 Å². The van der Waals surface area contributed by atoms with Gasteiger partial charge in [0.05, 0.1) is 23.5 Å². The fourth-order valence-corrected chi connectivity index (χ4v) is 3.14. The number of anilines is 2. The van der Waals surface area contributed by atoms with Crippen LogP contribution in [0.15, 0.2) is 66.9 Å². The van der Waals surface area contributed by atoms with E-state index in [0.717, 1.165) is 11.3 Å². The first-order valence-electron chi connectivity index (χ1n) is 10.6. The molecule has 0 unspecified atom stereocenters. The molecule has 0 atom stereocenters. The summed E-state index contributed by atoms with van der Waals surface area (Å²) in [5, 5.41) is 5.25. The first kappa shape index (κ1) is 24.2. The highest BCUT2D eigenvalue weighted by molar-refractivity contribution is 6.12. The number of rotatable bonds is 6. The molecule has 0 spiro atoms. The van der Waals surface area contributed by atoms with Crippen LogP contribution in [0.2, 0.25) is 0 Å². The fraction of sp³-hybridized carbons (Fsp3) is 0.185. The number of nitrogens with zero attached hydrogens (tertiary/aromatic N) is 1. The van der Waals surface area contributed by atoms with Gasteiger partial charge in [0, 0.05) is 22.9 Å². The van der Waals surface area contributed by atoms with Gasteiger partial charge in [0.25, 0.3) is 0 Å². The van der Waals surface area contributed by atoms with Gasteiger partial charge >= 0.3 is 6.09 Å². The van der Waals surface area contributed by atoms with Gasteiger partial charge in [0.1, 0.15) is 5.60 Å². The number of ketones is 1. The maximum atomic E-state index is 12.8. The van der Waals surface area contributed by atoms with Gasteiger partial charge in [-0.25, -0.2) is 4.79 Å². The standard InChI is InChI=1S/C27H25N3O4/c1-5-18-10-9-14-22(29-26(33)34-27(2,3)4)25(18)30-24(32)17-23(31)20-12-8-11-19(16-20)21-13-6-7-15-28-21/h1,6-16H,17H2,2-4H3,(H,29,33)(H,30,32). The van der Waals surface area contributed by atoms with E-state index in [0.29, 0.717) is 11.1 Å². The molecule has 0 bridgehead atoms. The molecule has 7 heteroatoms. The van der Waals surface area contributed by atoms with E-state index in [1.165, 1.54) is 0 Å². The number of amides is 2. The zero-order valence-corrected chi connectivity index (χ0v) is 19.2. The SMILES string of the molecule is C#Cc1cccc(NC(=O)OC(C)(C)C)c1NC(=O)CC(=O)c1cccc(-c2ccccn2)c1. The predicted molar refractivity (Wildman–Crippen MR) is 131 cm³/mol. The Bertz CT molecular complexity index is 1250. The minimum atomic E-state index is -0.701. The molecule has 1 heterocycles. The second-order valence-corrected chi connectivity index (χ2v) is 8.44. The summed E-state index contributed by atoms with van der Waals surface area (Å²) in [4.78, 5) is 42.0. The molecule has 3 rings (SSSR count). The molecule has 0 radical (unpaired) electrons. The van der Waals surface area contributed by atoms with Crippen molar-refractivity contribution in [1.29, 1.82) is 0 Å². The Balaban J connectivity index is 1.75. The Hall–Kier alpha value is -4.44. The Morgan fingerprint density at radius 3 is 2.44 bits per heavy atom. The first-order valence-corrected chi connectivity index (χ1v) is 10.6. The molecule has 2 amide bonds. The monoisotopic (exact) mass is 455 g/mol. The number of hydrogen-bond donors (Lipinski definition) is 2. The number of pyridine rings is 1. The van der Waals surface area contributed by atoms with E-state index in [9.17, 15) is 14.4 Å². The van der Waals surface area contributed by atoms with Crippen molar-refractivity contribution in [2.75, 3.05) is 10.6 Å². The molecule has 0 aliphatic rings. The van der Waals surface area contributed by atoms with E-state index in [2.05, 4.69) is 21.5 Å². The van der Waals surface area contributed by atoms with Crippen LogP contribution in [0.1, 0.15) is 43.1 Å². The molecule has 0 aliphatic heterocycles.